The molecule has 1 rings (SSSR count). The van der Waals surface area contributed by atoms with Gasteiger partial charge in [-0.25, -0.2) is 0 Å². The van der Waals surface area contributed by atoms with Crippen molar-refractivity contribution in [3.63, 3.8) is 0 Å². The van der Waals surface area contributed by atoms with Crippen LogP contribution in [0.5, 0.6) is 5.75 Å². The average molecular weight is 588 g/mol. The Morgan fingerprint density at radius 2 is 1.12 bits per heavy atom. The number of carbonyl (C=O) groups excluding carboxylic acids is 2. The van der Waals surface area contributed by atoms with Crippen molar-refractivity contribution in [1.29, 1.82) is 0 Å². The second kappa shape index (κ2) is 20.8. The van der Waals surface area contributed by atoms with Gasteiger partial charge in [0, 0.05) is 12.8 Å². The zero-order chi connectivity index (χ0) is 31.4. The molecule has 42 heavy (non-hydrogen) atoms. The molecule has 0 fully saturated rings. The first-order chi connectivity index (χ1) is 19.9. The van der Waals surface area contributed by atoms with Crippen molar-refractivity contribution in [2.45, 2.75) is 175 Å². The first-order valence-electron chi connectivity index (χ1n) is 17.2. The third kappa shape index (κ3) is 17.2. The van der Waals surface area contributed by atoms with Gasteiger partial charge in [-0.05, 0) is 40.4 Å². The summed E-state index contributed by atoms with van der Waals surface area (Å²) in [6.45, 7) is 15.4. The minimum atomic E-state index is -0.196. The van der Waals surface area contributed by atoms with Crippen LogP contribution < -0.4 is 5.32 Å². The normalized spacial score (nSPS) is 12.0. The number of hydrogen-bond acceptors (Lipinski definition) is 4. The minimum absolute atomic E-state index is 0.0591. The zero-order valence-electron chi connectivity index (χ0n) is 28.5. The van der Waals surface area contributed by atoms with Crippen LogP contribution in [0.4, 0.5) is 0 Å². The standard InChI is InChI=1S/C37H65NO4/c1-8-9-10-11-12-13-14-15-16-17-18-19-20-21-22-23-34(40)42-27-26-38-33(39)25-24-30-28-31(36(2,3)4)35(41)32(29-30)37(5,6)7/h28-29,41H,8-27H2,1-7H3,(H,38,39). The molecule has 5 nitrogen and oxygen atoms in total. The van der Waals surface area contributed by atoms with Gasteiger partial charge >= 0.3 is 5.97 Å². The number of nitrogens with one attached hydrogen (secondary N) is 1. The molecule has 0 saturated carbocycles. The van der Waals surface area contributed by atoms with Gasteiger partial charge in [-0.3, -0.25) is 9.59 Å². The van der Waals surface area contributed by atoms with E-state index in [9.17, 15) is 14.7 Å². The Hall–Kier alpha value is -2.04. The van der Waals surface area contributed by atoms with Crippen molar-refractivity contribution in [1.82, 2.24) is 5.32 Å². The Morgan fingerprint density at radius 3 is 1.55 bits per heavy atom. The fourth-order valence-electron chi connectivity index (χ4n) is 5.40. The van der Waals surface area contributed by atoms with Crippen LogP contribution in [0.25, 0.3) is 0 Å². The Balaban J connectivity index is 2.12. The number of phenolic OH excluding ortho intramolecular Hbond substituents is 1. The van der Waals surface area contributed by atoms with Gasteiger partial charge in [-0.2, -0.15) is 0 Å². The lowest BCUT2D eigenvalue weighted by molar-refractivity contribution is -0.144. The van der Waals surface area contributed by atoms with E-state index in [2.05, 4.69) is 53.8 Å². The smallest absolute Gasteiger partial charge is 0.305 e. The Morgan fingerprint density at radius 1 is 0.690 bits per heavy atom. The van der Waals surface area contributed by atoms with Gasteiger partial charge in [0.15, 0.2) is 0 Å². The van der Waals surface area contributed by atoms with Crippen molar-refractivity contribution in [3.05, 3.63) is 28.8 Å². The van der Waals surface area contributed by atoms with E-state index in [4.69, 9.17) is 4.74 Å². The molecular formula is C37H65NO4. The maximum atomic E-state index is 12.4. The number of amides is 1. The van der Waals surface area contributed by atoms with Crippen molar-refractivity contribution < 1.29 is 19.4 Å². The topological polar surface area (TPSA) is 75.6 Å². The fraction of sp³-hybridized carbons (Fsp3) is 0.784. The summed E-state index contributed by atoms with van der Waals surface area (Å²) in [6.07, 6.45) is 21.0. The molecule has 0 radical (unpaired) electrons. The Labute approximate surface area is 259 Å². The van der Waals surface area contributed by atoms with Crippen LogP contribution in [0.15, 0.2) is 12.1 Å². The molecular weight excluding hydrogens is 522 g/mol. The molecule has 0 saturated heterocycles. The molecule has 2 N–H and O–H groups in total. The first kappa shape index (κ1) is 38.0. The molecule has 0 unspecified atom stereocenters. The van der Waals surface area contributed by atoms with Crippen LogP contribution in [-0.4, -0.2) is 30.1 Å². The number of carbonyl (C=O) groups is 2. The average Bonchev–Trinajstić information content (AvgIpc) is 2.91. The second-order valence-electron chi connectivity index (χ2n) is 14.3. The number of rotatable bonds is 22. The van der Waals surface area contributed by atoms with Gasteiger partial charge in [-0.1, -0.05) is 150 Å². The number of hydrogen-bond donors (Lipinski definition) is 2. The largest absolute Gasteiger partial charge is 0.507 e. The highest BCUT2D eigenvalue weighted by Gasteiger charge is 2.26. The van der Waals surface area contributed by atoms with Gasteiger partial charge in [-0.15, -0.1) is 0 Å². The molecule has 242 valence electrons. The van der Waals surface area contributed by atoms with Gasteiger partial charge in [0.05, 0.1) is 6.54 Å². The molecule has 1 aromatic carbocycles. The van der Waals surface area contributed by atoms with Crippen LogP contribution in [0.1, 0.15) is 174 Å². The second-order valence-corrected chi connectivity index (χ2v) is 14.3. The van der Waals surface area contributed by atoms with E-state index in [1.165, 1.54) is 83.5 Å². The number of benzene rings is 1. The lowest BCUT2D eigenvalue weighted by Gasteiger charge is -2.28. The summed E-state index contributed by atoms with van der Waals surface area (Å²) in [4.78, 5) is 24.4. The highest BCUT2D eigenvalue weighted by molar-refractivity contribution is 5.76. The summed E-state index contributed by atoms with van der Waals surface area (Å²) in [6, 6.07) is 4.05. The van der Waals surface area contributed by atoms with E-state index < -0.39 is 0 Å². The van der Waals surface area contributed by atoms with Gasteiger partial charge in [0.1, 0.15) is 12.4 Å². The van der Waals surface area contributed by atoms with Crippen LogP contribution in [0.2, 0.25) is 0 Å². The maximum absolute atomic E-state index is 12.4. The maximum Gasteiger partial charge on any atom is 0.305 e. The van der Waals surface area contributed by atoms with Gasteiger partial charge < -0.3 is 15.2 Å². The van der Waals surface area contributed by atoms with Crippen LogP contribution in [0.3, 0.4) is 0 Å². The van der Waals surface area contributed by atoms with Crippen LogP contribution >= 0.6 is 0 Å². The van der Waals surface area contributed by atoms with Gasteiger partial charge in [0.2, 0.25) is 5.91 Å². The quantitative estimate of drug-likeness (QED) is 0.105. The van der Waals surface area contributed by atoms with E-state index in [1.807, 2.05) is 12.1 Å². The summed E-state index contributed by atoms with van der Waals surface area (Å²) < 4.78 is 5.31. The van der Waals surface area contributed by atoms with Crippen molar-refractivity contribution in [2.75, 3.05) is 13.2 Å². The third-order valence-electron chi connectivity index (χ3n) is 8.10. The molecule has 1 aromatic rings. The fourth-order valence-corrected chi connectivity index (χ4v) is 5.40. The highest BCUT2D eigenvalue weighted by Crippen LogP contribution is 2.40. The molecule has 0 aliphatic rings. The monoisotopic (exact) mass is 587 g/mol. The Kier molecular flexibility index (Phi) is 18.8. The molecule has 0 aromatic heterocycles. The predicted octanol–water partition coefficient (Wildman–Crippen LogP) is 9.84. The summed E-state index contributed by atoms with van der Waals surface area (Å²) >= 11 is 0. The lowest BCUT2D eigenvalue weighted by Crippen LogP contribution is -2.28. The minimum Gasteiger partial charge on any atom is -0.507 e. The molecule has 0 bridgehead atoms. The van der Waals surface area contributed by atoms with Gasteiger partial charge in [0.25, 0.3) is 0 Å². The molecule has 0 spiro atoms. The van der Waals surface area contributed by atoms with Crippen LogP contribution in [0, 0.1) is 0 Å². The predicted molar refractivity (Wildman–Crippen MR) is 177 cm³/mol. The number of ether oxygens (including phenoxy) is 1. The Bertz CT molecular complexity index is 859. The van der Waals surface area contributed by atoms with E-state index in [0.29, 0.717) is 31.6 Å². The van der Waals surface area contributed by atoms with Crippen molar-refractivity contribution >= 4 is 11.9 Å². The SMILES string of the molecule is CCCCCCCCCCCCCCCCCC(=O)OCCNC(=O)CCc1cc(C(C)(C)C)c(O)c(C(C)(C)C)c1. The summed E-state index contributed by atoms with van der Waals surface area (Å²) in [5, 5.41) is 13.8. The summed E-state index contributed by atoms with van der Waals surface area (Å²) in [7, 11) is 0. The van der Waals surface area contributed by atoms with Crippen LogP contribution in [-0.2, 0) is 31.6 Å². The van der Waals surface area contributed by atoms with E-state index in [1.54, 1.807) is 0 Å². The lowest BCUT2D eigenvalue weighted by atomic mass is 9.78. The number of phenols is 1. The number of unbranched alkanes of at least 4 members (excludes halogenated alkanes) is 14. The molecule has 0 aliphatic heterocycles. The number of aryl methyl sites for hydroxylation is 1. The highest BCUT2D eigenvalue weighted by atomic mass is 16.5. The van der Waals surface area contributed by atoms with Crippen molar-refractivity contribution in [3.8, 4) is 5.75 Å². The number of esters is 1. The molecule has 0 atom stereocenters. The number of aromatic hydroxyl groups is 1. The van der Waals surface area contributed by atoms with Crippen molar-refractivity contribution in [2.24, 2.45) is 0 Å². The summed E-state index contributed by atoms with van der Waals surface area (Å²) in [5.41, 5.74) is 2.47. The zero-order valence-corrected chi connectivity index (χ0v) is 28.5. The molecule has 1 amide bonds. The summed E-state index contributed by atoms with van der Waals surface area (Å²) in [5.74, 6) is 0.123. The molecule has 5 heteroatoms. The molecule has 0 heterocycles. The third-order valence-corrected chi connectivity index (χ3v) is 8.10. The van der Waals surface area contributed by atoms with E-state index in [0.717, 1.165) is 29.5 Å². The molecule has 0 aliphatic carbocycles. The van der Waals surface area contributed by atoms with E-state index >= 15 is 0 Å². The van der Waals surface area contributed by atoms with E-state index in [-0.39, 0.29) is 29.3 Å². The first-order valence-corrected chi connectivity index (χ1v) is 17.2.